The van der Waals surface area contributed by atoms with Gasteiger partial charge in [0.1, 0.15) is 12.1 Å². The Morgan fingerprint density at radius 1 is 1.12 bits per heavy atom. The molecule has 0 N–H and O–H groups in total. The van der Waals surface area contributed by atoms with Crippen molar-refractivity contribution in [2.45, 2.75) is 20.3 Å². The molecule has 3 aromatic rings. The molecule has 1 aliphatic rings. The molecule has 0 radical (unpaired) electrons. The summed E-state index contributed by atoms with van der Waals surface area (Å²) in [5.74, 6) is 1.76. The lowest BCUT2D eigenvalue weighted by molar-refractivity contribution is 0.259. The molecule has 4 heterocycles. The Morgan fingerprint density at radius 3 is 2.71 bits per heavy atom. The number of anilines is 1. The van der Waals surface area contributed by atoms with Crippen molar-refractivity contribution in [2.75, 3.05) is 37.6 Å². The molecule has 0 saturated carbocycles. The van der Waals surface area contributed by atoms with Gasteiger partial charge in [0.15, 0.2) is 0 Å². The average Bonchev–Trinajstić information content (AvgIpc) is 3.21. The summed E-state index contributed by atoms with van der Waals surface area (Å²) in [6.07, 6.45) is 2.60. The molecule has 3 aromatic heterocycles. The van der Waals surface area contributed by atoms with Crippen LogP contribution in [0, 0.1) is 13.8 Å². The first kappa shape index (κ1) is 15.5. The Kier molecular flexibility index (Phi) is 4.15. The van der Waals surface area contributed by atoms with E-state index in [2.05, 4.69) is 48.2 Å². The van der Waals surface area contributed by atoms with Crippen molar-refractivity contribution >= 4 is 22.9 Å². The molecule has 0 bridgehead atoms. The largest absolute Gasteiger partial charge is 0.354 e. The lowest BCUT2D eigenvalue weighted by Gasteiger charge is -2.35. The predicted molar refractivity (Wildman–Crippen MR) is 94.7 cm³/mol. The zero-order chi connectivity index (χ0) is 16.5. The van der Waals surface area contributed by atoms with Crippen LogP contribution in [0.1, 0.15) is 16.4 Å². The third kappa shape index (κ3) is 3.11. The molecule has 0 atom stereocenters. The van der Waals surface area contributed by atoms with E-state index >= 15 is 0 Å². The quantitative estimate of drug-likeness (QED) is 0.716. The Labute approximate surface area is 145 Å². The van der Waals surface area contributed by atoms with Crippen LogP contribution in [0.15, 0.2) is 17.8 Å². The molecule has 1 aliphatic heterocycles. The highest BCUT2D eigenvalue weighted by Gasteiger charge is 2.20. The van der Waals surface area contributed by atoms with Crippen LogP contribution in [-0.2, 0) is 6.42 Å². The van der Waals surface area contributed by atoms with Crippen molar-refractivity contribution in [3.63, 3.8) is 0 Å². The predicted octanol–water partition coefficient (Wildman–Crippen LogP) is 1.56. The van der Waals surface area contributed by atoms with Crippen molar-refractivity contribution in [3.8, 4) is 0 Å². The molecule has 0 amide bonds. The van der Waals surface area contributed by atoms with Gasteiger partial charge in [-0.1, -0.05) is 0 Å². The van der Waals surface area contributed by atoms with E-state index in [4.69, 9.17) is 0 Å². The highest BCUT2D eigenvalue weighted by Crippen LogP contribution is 2.18. The van der Waals surface area contributed by atoms with Crippen molar-refractivity contribution in [1.82, 2.24) is 29.5 Å². The second-order valence-electron chi connectivity index (χ2n) is 6.16. The first-order valence-corrected chi connectivity index (χ1v) is 9.13. The molecule has 7 nitrogen and oxygen atoms in total. The minimum Gasteiger partial charge on any atom is -0.354 e. The van der Waals surface area contributed by atoms with Crippen molar-refractivity contribution in [1.29, 1.82) is 0 Å². The van der Waals surface area contributed by atoms with Crippen molar-refractivity contribution in [3.05, 3.63) is 34.2 Å². The zero-order valence-corrected chi connectivity index (χ0v) is 14.8. The van der Waals surface area contributed by atoms with E-state index in [0.29, 0.717) is 5.78 Å². The van der Waals surface area contributed by atoms with Gasteiger partial charge < -0.3 is 4.90 Å². The van der Waals surface area contributed by atoms with E-state index in [-0.39, 0.29) is 0 Å². The minimum absolute atomic E-state index is 0.673. The van der Waals surface area contributed by atoms with Crippen LogP contribution in [0.3, 0.4) is 0 Å². The van der Waals surface area contributed by atoms with E-state index in [1.807, 2.05) is 11.4 Å². The fourth-order valence-corrected chi connectivity index (χ4v) is 3.78. The maximum atomic E-state index is 4.55. The summed E-state index contributed by atoms with van der Waals surface area (Å²) in [5, 5.41) is 7.64. The maximum Gasteiger partial charge on any atom is 0.254 e. The van der Waals surface area contributed by atoms with Crippen molar-refractivity contribution < 1.29 is 0 Å². The molecule has 0 spiro atoms. The van der Waals surface area contributed by atoms with Crippen LogP contribution >= 0.6 is 11.3 Å². The first-order chi connectivity index (χ1) is 11.7. The Morgan fingerprint density at radius 2 is 1.96 bits per heavy atom. The summed E-state index contributed by atoms with van der Waals surface area (Å²) >= 11 is 1.73. The summed E-state index contributed by atoms with van der Waals surface area (Å²) in [5.41, 5.74) is 2.20. The molecular formula is C16H21N7S. The molecule has 4 rings (SSSR count). The van der Waals surface area contributed by atoms with Gasteiger partial charge in [-0.05, 0) is 13.8 Å². The van der Waals surface area contributed by atoms with Gasteiger partial charge in [-0.2, -0.15) is 14.6 Å². The number of fused-ring (bicyclic) bond motifs is 1. The zero-order valence-electron chi connectivity index (χ0n) is 14.0. The van der Waals surface area contributed by atoms with Crippen LogP contribution < -0.4 is 4.90 Å². The molecule has 0 aliphatic carbocycles. The summed E-state index contributed by atoms with van der Waals surface area (Å²) in [7, 11) is 0. The lowest BCUT2D eigenvalue weighted by Crippen LogP contribution is -2.47. The van der Waals surface area contributed by atoms with Gasteiger partial charge in [-0.15, -0.1) is 11.3 Å². The normalized spacial score (nSPS) is 16.2. The van der Waals surface area contributed by atoms with Crippen LogP contribution in [0.5, 0.6) is 0 Å². The standard InChI is InChI=1S/C16H21N7S/c1-12-9-15(23-16(19-12)17-11-18-23)22-7-5-21(6-8-22)4-3-14-10-24-13(2)20-14/h9-11H,3-8H2,1-2H3. The van der Waals surface area contributed by atoms with Gasteiger partial charge >= 0.3 is 0 Å². The molecule has 1 fully saturated rings. The van der Waals surface area contributed by atoms with Crippen molar-refractivity contribution in [2.24, 2.45) is 0 Å². The van der Waals surface area contributed by atoms with E-state index < -0.39 is 0 Å². The molecule has 0 aromatic carbocycles. The smallest absolute Gasteiger partial charge is 0.254 e. The fourth-order valence-electron chi connectivity index (χ4n) is 3.13. The molecule has 126 valence electrons. The van der Waals surface area contributed by atoms with Crippen LogP contribution in [-0.4, -0.2) is 62.2 Å². The summed E-state index contributed by atoms with van der Waals surface area (Å²) < 4.78 is 1.83. The fraction of sp³-hybridized carbons (Fsp3) is 0.500. The number of thiazole rings is 1. The van der Waals surface area contributed by atoms with Gasteiger partial charge in [0.05, 0.1) is 10.7 Å². The second-order valence-corrected chi connectivity index (χ2v) is 7.23. The summed E-state index contributed by atoms with van der Waals surface area (Å²) in [6.45, 7) is 9.24. The first-order valence-electron chi connectivity index (χ1n) is 8.25. The van der Waals surface area contributed by atoms with Gasteiger partial charge in [-0.25, -0.2) is 9.97 Å². The van der Waals surface area contributed by atoms with Gasteiger partial charge in [0, 0.05) is 56.3 Å². The van der Waals surface area contributed by atoms with Crippen LogP contribution in [0.2, 0.25) is 0 Å². The number of rotatable bonds is 4. The second kappa shape index (κ2) is 6.45. The lowest BCUT2D eigenvalue weighted by atomic mass is 10.2. The number of aromatic nitrogens is 5. The highest BCUT2D eigenvalue weighted by atomic mass is 32.1. The maximum absolute atomic E-state index is 4.55. The number of aryl methyl sites for hydroxylation is 2. The molecule has 0 unspecified atom stereocenters. The Bertz CT molecular complexity index is 832. The highest BCUT2D eigenvalue weighted by molar-refractivity contribution is 7.09. The number of hydrogen-bond donors (Lipinski definition) is 0. The Balaban J connectivity index is 1.39. The number of nitrogens with zero attached hydrogens (tertiary/aromatic N) is 7. The number of hydrogen-bond acceptors (Lipinski definition) is 7. The molecule has 1 saturated heterocycles. The third-order valence-corrected chi connectivity index (χ3v) is 5.23. The number of piperazine rings is 1. The summed E-state index contributed by atoms with van der Waals surface area (Å²) in [4.78, 5) is 18.1. The van der Waals surface area contributed by atoms with Gasteiger partial charge in [0.2, 0.25) is 0 Å². The van der Waals surface area contributed by atoms with E-state index in [1.54, 1.807) is 17.7 Å². The topological polar surface area (TPSA) is 62.5 Å². The SMILES string of the molecule is Cc1cc(N2CCN(CCc3csc(C)n3)CC2)n2ncnc2n1. The third-order valence-electron chi connectivity index (χ3n) is 4.41. The average molecular weight is 343 g/mol. The van der Waals surface area contributed by atoms with Crippen LogP contribution in [0.4, 0.5) is 5.82 Å². The molecule has 8 heteroatoms. The summed E-state index contributed by atoms with van der Waals surface area (Å²) in [6, 6.07) is 2.09. The van der Waals surface area contributed by atoms with Gasteiger partial charge in [-0.3, -0.25) is 4.90 Å². The minimum atomic E-state index is 0.673. The van der Waals surface area contributed by atoms with E-state index in [9.17, 15) is 0 Å². The van der Waals surface area contributed by atoms with Crippen LogP contribution in [0.25, 0.3) is 5.78 Å². The monoisotopic (exact) mass is 343 g/mol. The van der Waals surface area contributed by atoms with Gasteiger partial charge in [0.25, 0.3) is 5.78 Å². The molecular weight excluding hydrogens is 322 g/mol. The van der Waals surface area contributed by atoms with E-state index in [0.717, 1.165) is 55.7 Å². The molecule has 24 heavy (non-hydrogen) atoms. The Hall–Kier alpha value is -2.06. The van der Waals surface area contributed by atoms with E-state index in [1.165, 1.54) is 5.69 Å².